The summed E-state index contributed by atoms with van der Waals surface area (Å²) in [6.45, 7) is 2.20. The van der Waals surface area contributed by atoms with Gasteiger partial charge in [-0.05, 0) is 85.2 Å². The molecule has 1 aliphatic carbocycles. The molecule has 0 N–H and O–H groups in total. The molecule has 0 radical (unpaired) electrons. The third-order valence-corrected chi connectivity index (χ3v) is 6.88. The first-order valence-electron chi connectivity index (χ1n) is 12.2. The minimum atomic E-state index is -0.837. The van der Waals surface area contributed by atoms with Gasteiger partial charge < -0.3 is 0 Å². The Hall–Kier alpha value is -2.73. The molecule has 0 aromatic heterocycles. The zero-order chi connectivity index (χ0) is 23.2. The van der Waals surface area contributed by atoms with Gasteiger partial charge in [0.1, 0.15) is 5.82 Å². The summed E-state index contributed by atoms with van der Waals surface area (Å²) in [5.41, 5.74) is 2.75. The molecule has 1 fully saturated rings. The van der Waals surface area contributed by atoms with Gasteiger partial charge in [0.15, 0.2) is 11.6 Å². The first-order valence-corrected chi connectivity index (χ1v) is 12.2. The number of unbranched alkanes of at least 4 members (excludes halogenated alkanes) is 3. The SMILES string of the molecule is CCCCCCc1ccc(C2CCC(C#Cc3ccc4c(F)c(F)ccc4c3)CC2)c(F)c1. The van der Waals surface area contributed by atoms with Gasteiger partial charge in [0.2, 0.25) is 0 Å². The summed E-state index contributed by atoms with van der Waals surface area (Å²) in [5.74, 6) is 5.38. The van der Waals surface area contributed by atoms with E-state index in [0.29, 0.717) is 5.39 Å². The van der Waals surface area contributed by atoms with Crippen molar-refractivity contribution >= 4 is 10.8 Å². The number of rotatable bonds is 6. The number of benzene rings is 3. The second-order valence-corrected chi connectivity index (χ2v) is 9.28. The molecule has 0 nitrogen and oxygen atoms in total. The average molecular weight is 449 g/mol. The number of hydrogen-bond donors (Lipinski definition) is 0. The molecule has 0 spiro atoms. The Bertz CT molecular complexity index is 1160. The molecule has 0 bridgehead atoms. The maximum Gasteiger partial charge on any atom is 0.166 e. The molecule has 0 amide bonds. The van der Waals surface area contributed by atoms with Crippen molar-refractivity contribution < 1.29 is 13.2 Å². The topological polar surface area (TPSA) is 0 Å². The van der Waals surface area contributed by atoms with Gasteiger partial charge in [-0.3, -0.25) is 0 Å². The van der Waals surface area contributed by atoms with E-state index in [9.17, 15) is 13.2 Å². The maximum atomic E-state index is 14.8. The monoisotopic (exact) mass is 448 g/mol. The van der Waals surface area contributed by atoms with E-state index in [2.05, 4.69) is 24.8 Å². The predicted molar refractivity (Wildman–Crippen MR) is 130 cm³/mol. The maximum absolute atomic E-state index is 14.8. The molecule has 33 heavy (non-hydrogen) atoms. The lowest BCUT2D eigenvalue weighted by atomic mass is 9.78. The lowest BCUT2D eigenvalue weighted by molar-refractivity contribution is 0.376. The van der Waals surface area contributed by atoms with Crippen molar-refractivity contribution in [2.45, 2.75) is 70.6 Å². The Balaban J connectivity index is 1.35. The van der Waals surface area contributed by atoms with Crippen LogP contribution in [0.25, 0.3) is 10.8 Å². The molecule has 0 aliphatic heterocycles. The highest BCUT2D eigenvalue weighted by Gasteiger charge is 2.23. The Morgan fingerprint density at radius 2 is 1.64 bits per heavy atom. The van der Waals surface area contributed by atoms with Crippen LogP contribution in [0.4, 0.5) is 13.2 Å². The van der Waals surface area contributed by atoms with E-state index in [0.717, 1.165) is 61.3 Å². The van der Waals surface area contributed by atoms with Gasteiger partial charge in [-0.15, -0.1) is 0 Å². The summed E-state index contributed by atoms with van der Waals surface area (Å²) >= 11 is 0. The summed E-state index contributed by atoms with van der Waals surface area (Å²) in [6, 6.07) is 13.7. The summed E-state index contributed by atoms with van der Waals surface area (Å²) in [6.07, 6.45) is 9.51. The quantitative estimate of drug-likeness (QED) is 0.261. The van der Waals surface area contributed by atoms with Crippen LogP contribution in [-0.4, -0.2) is 0 Å². The molecular formula is C30H31F3. The van der Waals surface area contributed by atoms with Gasteiger partial charge in [0.05, 0.1) is 0 Å². The fourth-order valence-corrected chi connectivity index (χ4v) is 4.89. The smallest absolute Gasteiger partial charge is 0.166 e. The van der Waals surface area contributed by atoms with Crippen LogP contribution in [0.5, 0.6) is 0 Å². The molecule has 3 aromatic rings. The Kier molecular flexibility index (Phi) is 7.76. The molecule has 0 heterocycles. The summed E-state index contributed by atoms with van der Waals surface area (Å²) in [7, 11) is 0. The summed E-state index contributed by atoms with van der Waals surface area (Å²) < 4.78 is 42.0. The van der Waals surface area contributed by atoms with Gasteiger partial charge in [0, 0.05) is 16.9 Å². The summed E-state index contributed by atoms with van der Waals surface area (Å²) in [4.78, 5) is 0. The Morgan fingerprint density at radius 1 is 0.818 bits per heavy atom. The zero-order valence-electron chi connectivity index (χ0n) is 19.3. The van der Waals surface area contributed by atoms with E-state index in [4.69, 9.17) is 0 Å². The number of halogens is 3. The standard InChI is InChI=1S/C30H31F3/c1-2-3-4-5-6-22-11-16-26(29(32)20-22)24-13-9-21(10-14-24)7-8-23-12-17-27-25(19-23)15-18-28(31)30(27)33/h11-12,15-21,24H,2-6,9-10,13-14H2,1H3. The molecule has 1 aliphatic rings. The lowest BCUT2D eigenvalue weighted by Gasteiger charge is -2.26. The Morgan fingerprint density at radius 3 is 2.39 bits per heavy atom. The first kappa shape index (κ1) is 23.4. The molecule has 0 unspecified atom stereocenters. The summed E-state index contributed by atoms with van der Waals surface area (Å²) in [5, 5.41) is 0.920. The minimum absolute atomic E-state index is 0.0580. The molecule has 0 atom stereocenters. The number of fused-ring (bicyclic) bond motifs is 1. The van der Waals surface area contributed by atoms with Gasteiger partial charge in [-0.25, -0.2) is 13.2 Å². The van der Waals surface area contributed by atoms with Gasteiger partial charge in [0.25, 0.3) is 0 Å². The van der Waals surface area contributed by atoms with Gasteiger partial charge in [-0.2, -0.15) is 0 Å². The number of hydrogen-bond acceptors (Lipinski definition) is 0. The van der Waals surface area contributed by atoms with Crippen molar-refractivity contribution in [2.75, 3.05) is 0 Å². The van der Waals surface area contributed by atoms with Crippen LogP contribution >= 0.6 is 0 Å². The van der Waals surface area contributed by atoms with E-state index in [1.165, 1.54) is 19.3 Å². The van der Waals surface area contributed by atoms with Gasteiger partial charge in [-0.1, -0.05) is 62.3 Å². The van der Waals surface area contributed by atoms with Crippen LogP contribution in [-0.2, 0) is 6.42 Å². The second kappa shape index (κ2) is 10.9. The van der Waals surface area contributed by atoms with Crippen LogP contribution in [0.15, 0.2) is 48.5 Å². The molecule has 4 rings (SSSR count). The van der Waals surface area contributed by atoms with Crippen molar-refractivity contribution in [3.63, 3.8) is 0 Å². The van der Waals surface area contributed by atoms with Crippen LogP contribution in [0.3, 0.4) is 0 Å². The Labute approximate surface area is 195 Å². The fraction of sp³-hybridized carbons (Fsp3) is 0.400. The number of aryl methyl sites for hydroxylation is 1. The van der Waals surface area contributed by atoms with E-state index in [1.54, 1.807) is 30.3 Å². The molecule has 1 saturated carbocycles. The van der Waals surface area contributed by atoms with Crippen LogP contribution in [0, 0.1) is 35.2 Å². The fourth-order valence-electron chi connectivity index (χ4n) is 4.89. The van der Waals surface area contributed by atoms with E-state index < -0.39 is 11.6 Å². The normalized spacial score (nSPS) is 18.2. The highest BCUT2D eigenvalue weighted by molar-refractivity contribution is 5.84. The van der Waals surface area contributed by atoms with Crippen molar-refractivity contribution in [1.82, 2.24) is 0 Å². The largest absolute Gasteiger partial charge is 0.207 e. The molecule has 0 saturated heterocycles. The molecule has 3 heteroatoms. The molecule has 172 valence electrons. The molecular weight excluding hydrogens is 417 g/mol. The second-order valence-electron chi connectivity index (χ2n) is 9.28. The van der Waals surface area contributed by atoms with E-state index >= 15 is 0 Å². The van der Waals surface area contributed by atoms with Crippen LogP contribution < -0.4 is 0 Å². The van der Waals surface area contributed by atoms with Crippen molar-refractivity contribution in [1.29, 1.82) is 0 Å². The average Bonchev–Trinajstić information content (AvgIpc) is 2.83. The van der Waals surface area contributed by atoms with E-state index in [-0.39, 0.29) is 23.0 Å². The highest BCUT2D eigenvalue weighted by Crippen LogP contribution is 2.37. The highest BCUT2D eigenvalue weighted by atomic mass is 19.2. The predicted octanol–water partition coefficient (Wildman–Crippen LogP) is 8.71. The lowest BCUT2D eigenvalue weighted by Crippen LogP contribution is -2.13. The van der Waals surface area contributed by atoms with Crippen molar-refractivity contribution in [3.05, 3.63) is 82.7 Å². The zero-order valence-corrected chi connectivity index (χ0v) is 19.3. The van der Waals surface area contributed by atoms with Crippen LogP contribution in [0.2, 0.25) is 0 Å². The van der Waals surface area contributed by atoms with Gasteiger partial charge >= 0.3 is 0 Å². The third kappa shape index (κ3) is 5.80. The third-order valence-electron chi connectivity index (χ3n) is 6.88. The van der Waals surface area contributed by atoms with E-state index in [1.807, 2.05) is 6.07 Å². The van der Waals surface area contributed by atoms with Crippen LogP contribution in [0.1, 0.15) is 80.9 Å². The first-order chi connectivity index (χ1) is 16.0. The molecule has 3 aromatic carbocycles. The van der Waals surface area contributed by atoms with Crippen molar-refractivity contribution in [3.8, 4) is 11.8 Å². The minimum Gasteiger partial charge on any atom is -0.207 e. The van der Waals surface area contributed by atoms with Crippen molar-refractivity contribution in [2.24, 2.45) is 5.92 Å².